The number of benzene rings is 1. The summed E-state index contributed by atoms with van der Waals surface area (Å²) in [4.78, 5) is 21.5. The Morgan fingerprint density at radius 1 is 1.32 bits per heavy atom. The number of hydrogen-bond acceptors (Lipinski definition) is 4. The molecule has 19 heavy (non-hydrogen) atoms. The van der Waals surface area contributed by atoms with E-state index in [1.54, 1.807) is 0 Å². The minimum Gasteiger partial charge on any atom is -0.466 e. The van der Waals surface area contributed by atoms with E-state index in [2.05, 4.69) is 20.7 Å². The molecule has 0 heterocycles. The zero-order valence-corrected chi connectivity index (χ0v) is 11.7. The van der Waals surface area contributed by atoms with Gasteiger partial charge in [0.2, 0.25) is 6.10 Å². The summed E-state index contributed by atoms with van der Waals surface area (Å²) in [6.45, 7) is 1.11. The van der Waals surface area contributed by atoms with Gasteiger partial charge in [0.15, 0.2) is 0 Å². The molecular formula is C12H11BrF2O4. The third-order valence-corrected chi connectivity index (χ3v) is 3.23. The summed E-state index contributed by atoms with van der Waals surface area (Å²) in [5, 5.41) is 0. The molecule has 0 spiro atoms. The first-order chi connectivity index (χ1) is 8.86. The smallest absolute Gasteiger partial charge is 0.348 e. The second-order valence-electron chi connectivity index (χ2n) is 3.62. The number of carbonyl (C=O) groups excluding carboxylic acids is 2. The van der Waals surface area contributed by atoms with Crippen LogP contribution in [-0.2, 0) is 19.1 Å². The maximum Gasteiger partial charge on any atom is 0.348 e. The van der Waals surface area contributed by atoms with E-state index in [0.29, 0.717) is 6.07 Å². The molecule has 4 nitrogen and oxygen atoms in total. The minimum atomic E-state index is -1.36. The molecule has 0 N–H and O–H groups in total. The van der Waals surface area contributed by atoms with Gasteiger partial charge >= 0.3 is 11.9 Å². The number of halogens is 3. The Bertz CT molecular complexity index is 493. The summed E-state index contributed by atoms with van der Waals surface area (Å²) in [6.07, 6.45) is -1.36. The van der Waals surface area contributed by atoms with E-state index >= 15 is 0 Å². The monoisotopic (exact) mass is 336 g/mol. The summed E-state index contributed by atoms with van der Waals surface area (Å²) in [6, 6.07) is 2.87. The van der Waals surface area contributed by atoms with Crippen LogP contribution in [0.3, 0.4) is 0 Å². The van der Waals surface area contributed by atoms with Crippen molar-refractivity contribution in [1.29, 1.82) is 0 Å². The molecule has 0 aromatic heterocycles. The van der Waals surface area contributed by atoms with E-state index in [1.165, 1.54) is 0 Å². The third kappa shape index (κ3) is 3.99. The first-order valence-corrected chi connectivity index (χ1v) is 6.12. The second-order valence-corrected chi connectivity index (χ2v) is 4.61. The summed E-state index contributed by atoms with van der Waals surface area (Å²) < 4.78 is 35.7. The van der Waals surface area contributed by atoms with Crippen LogP contribution < -0.4 is 0 Å². The van der Waals surface area contributed by atoms with Gasteiger partial charge in [0.05, 0.1) is 11.9 Å². The first kappa shape index (κ1) is 15.6. The molecule has 0 amide bonds. The van der Waals surface area contributed by atoms with Crippen LogP contribution in [0.25, 0.3) is 0 Å². The normalized spacial score (nSPS) is 13.5. The highest BCUT2D eigenvalue weighted by Gasteiger charge is 2.33. The Morgan fingerprint density at radius 2 is 1.95 bits per heavy atom. The van der Waals surface area contributed by atoms with Gasteiger partial charge in [-0.05, 0) is 6.07 Å². The van der Waals surface area contributed by atoms with Crippen LogP contribution in [0, 0.1) is 11.6 Å². The SMILES string of the molecule is COC(=O)[C@H](OC(C)=O)[C@H](Br)c1ccc(F)cc1F. The second kappa shape index (κ2) is 6.60. The Hall–Kier alpha value is -1.50. The van der Waals surface area contributed by atoms with Gasteiger partial charge in [0, 0.05) is 18.6 Å². The Balaban J connectivity index is 3.07. The number of alkyl halides is 1. The van der Waals surface area contributed by atoms with E-state index < -0.39 is 34.5 Å². The van der Waals surface area contributed by atoms with E-state index in [-0.39, 0.29) is 5.56 Å². The molecule has 1 rings (SSSR count). The number of carbonyl (C=O) groups is 2. The molecule has 0 fully saturated rings. The fraction of sp³-hybridized carbons (Fsp3) is 0.333. The predicted molar refractivity (Wildman–Crippen MR) is 65.6 cm³/mol. The van der Waals surface area contributed by atoms with Crippen LogP contribution in [0.15, 0.2) is 18.2 Å². The largest absolute Gasteiger partial charge is 0.466 e. The quantitative estimate of drug-likeness (QED) is 0.626. The summed E-state index contributed by atoms with van der Waals surface area (Å²) >= 11 is 3.06. The van der Waals surface area contributed by atoms with Crippen molar-refractivity contribution >= 4 is 27.9 Å². The maximum atomic E-state index is 13.6. The lowest BCUT2D eigenvalue weighted by molar-refractivity contribution is -0.164. The van der Waals surface area contributed by atoms with Crippen LogP contribution >= 0.6 is 15.9 Å². The van der Waals surface area contributed by atoms with E-state index in [0.717, 1.165) is 26.2 Å². The third-order valence-electron chi connectivity index (χ3n) is 2.25. The fourth-order valence-corrected chi connectivity index (χ4v) is 2.11. The maximum absolute atomic E-state index is 13.6. The van der Waals surface area contributed by atoms with Crippen LogP contribution in [0.2, 0.25) is 0 Å². The fourth-order valence-electron chi connectivity index (χ4n) is 1.41. The Labute approximate surface area is 116 Å². The summed E-state index contributed by atoms with van der Waals surface area (Å²) in [7, 11) is 1.11. The van der Waals surface area contributed by atoms with Crippen molar-refractivity contribution in [3.63, 3.8) is 0 Å². The topological polar surface area (TPSA) is 52.6 Å². The summed E-state index contributed by atoms with van der Waals surface area (Å²) in [5.74, 6) is -3.17. The summed E-state index contributed by atoms with van der Waals surface area (Å²) in [5.41, 5.74) is -0.0157. The molecule has 0 aliphatic carbocycles. The molecule has 0 radical (unpaired) electrons. The number of esters is 2. The van der Waals surface area contributed by atoms with Crippen molar-refractivity contribution in [1.82, 2.24) is 0 Å². The first-order valence-electron chi connectivity index (χ1n) is 5.21. The number of ether oxygens (including phenoxy) is 2. The minimum absolute atomic E-state index is 0.0157. The van der Waals surface area contributed by atoms with Crippen molar-refractivity contribution in [3.05, 3.63) is 35.4 Å². The molecular weight excluding hydrogens is 326 g/mol. The zero-order valence-electron chi connectivity index (χ0n) is 10.2. The van der Waals surface area contributed by atoms with Gasteiger partial charge in [-0.15, -0.1) is 0 Å². The molecule has 0 aliphatic heterocycles. The van der Waals surface area contributed by atoms with Gasteiger partial charge < -0.3 is 9.47 Å². The number of rotatable bonds is 4. The van der Waals surface area contributed by atoms with Gasteiger partial charge in [-0.2, -0.15) is 0 Å². The van der Waals surface area contributed by atoms with E-state index in [9.17, 15) is 18.4 Å². The van der Waals surface area contributed by atoms with Crippen LogP contribution in [-0.4, -0.2) is 25.2 Å². The van der Waals surface area contributed by atoms with E-state index in [1.807, 2.05) is 0 Å². The van der Waals surface area contributed by atoms with Crippen molar-refractivity contribution in [2.75, 3.05) is 7.11 Å². The highest BCUT2D eigenvalue weighted by molar-refractivity contribution is 9.09. The van der Waals surface area contributed by atoms with Crippen LogP contribution in [0.5, 0.6) is 0 Å². The molecule has 1 aromatic rings. The Morgan fingerprint density at radius 3 is 2.42 bits per heavy atom. The molecule has 0 unspecified atom stereocenters. The molecule has 2 atom stereocenters. The average Bonchev–Trinajstić information content (AvgIpc) is 2.34. The van der Waals surface area contributed by atoms with Crippen LogP contribution in [0.1, 0.15) is 17.3 Å². The van der Waals surface area contributed by atoms with Gasteiger partial charge in [-0.1, -0.05) is 22.0 Å². The van der Waals surface area contributed by atoms with Crippen molar-refractivity contribution in [2.24, 2.45) is 0 Å². The molecule has 0 saturated heterocycles. The highest BCUT2D eigenvalue weighted by atomic mass is 79.9. The molecule has 1 aromatic carbocycles. The standard InChI is InChI=1S/C12H11BrF2O4/c1-6(16)19-11(12(17)18-2)10(13)8-4-3-7(14)5-9(8)15/h3-5,10-11H,1-2H3/t10-,11-/m1/s1. The van der Waals surface area contributed by atoms with Crippen molar-refractivity contribution < 1.29 is 27.8 Å². The van der Waals surface area contributed by atoms with Gasteiger partial charge in [0.25, 0.3) is 0 Å². The van der Waals surface area contributed by atoms with Crippen molar-refractivity contribution in [3.8, 4) is 0 Å². The van der Waals surface area contributed by atoms with E-state index in [4.69, 9.17) is 4.74 Å². The highest BCUT2D eigenvalue weighted by Crippen LogP contribution is 2.31. The zero-order chi connectivity index (χ0) is 14.6. The molecule has 0 bridgehead atoms. The number of hydrogen-bond donors (Lipinski definition) is 0. The average molecular weight is 337 g/mol. The lowest BCUT2D eigenvalue weighted by Crippen LogP contribution is -2.31. The predicted octanol–water partition coefficient (Wildman–Crippen LogP) is 2.51. The van der Waals surface area contributed by atoms with Crippen LogP contribution in [0.4, 0.5) is 8.78 Å². The molecule has 0 saturated carbocycles. The van der Waals surface area contributed by atoms with Gasteiger partial charge in [-0.3, -0.25) is 4.79 Å². The van der Waals surface area contributed by atoms with Gasteiger partial charge in [-0.25, -0.2) is 13.6 Å². The molecule has 0 aliphatic rings. The number of methoxy groups -OCH3 is 1. The van der Waals surface area contributed by atoms with Gasteiger partial charge in [0.1, 0.15) is 11.6 Å². The lowest BCUT2D eigenvalue weighted by Gasteiger charge is -2.20. The van der Waals surface area contributed by atoms with Crippen molar-refractivity contribution in [2.45, 2.75) is 17.9 Å². The molecule has 7 heteroatoms. The Kier molecular flexibility index (Phi) is 5.41. The lowest BCUT2D eigenvalue weighted by atomic mass is 10.1. The molecule has 104 valence electrons.